The summed E-state index contributed by atoms with van der Waals surface area (Å²) in [6, 6.07) is 7.58. The number of carbonyl (C=O) groups excluding carboxylic acids is 1. The number of benzene rings is 1. The zero-order valence-corrected chi connectivity index (χ0v) is 12.5. The Labute approximate surface area is 114 Å². The van der Waals surface area contributed by atoms with Crippen LogP contribution in [0.25, 0.3) is 0 Å². The fourth-order valence-electron chi connectivity index (χ4n) is 1.35. The fourth-order valence-corrected chi connectivity index (χ4v) is 1.35. The van der Waals surface area contributed by atoms with E-state index in [-0.39, 0.29) is 0 Å². The molecule has 0 bridgehead atoms. The Kier molecular flexibility index (Phi) is 4.42. The van der Waals surface area contributed by atoms with Crippen LogP contribution in [0.5, 0.6) is 0 Å². The van der Waals surface area contributed by atoms with Crippen molar-refractivity contribution in [2.45, 2.75) is 26.4 Å². The van der Waals surface area contributed by atoms with Crippen LogP contribution in [0.3, 0.4) is 0 Å². The number of quaternary nitrogens is 1. The average molecular weight is 264 g/mol. The normalized spacial score (nSPS) is 12.7. The molecule has 1 aromatic rings. The third-order valence-corrected chi connectivity index (χ3v) is 2.26. The molecule has 19 heavy (non-hydrogen) atoms. The van der Waals surface area contributed by atoms with Crippen molar-refractivity contribution in [3.63, 3.8) is 0 Å². The maximum absolute atomic E-state index is 11.4. The molecule has 0 atom stereocenters. The van der Waals surface area contributed by atoms with Gasteiger partial charge in [0, 0.05) is 12.1 Å². The van der Waals surface area contributed by atoms with Gasteiger partial charge in [0.1, 0.15) is 11.3 Å². The molecule has 0 aliphatic rings. The van der Waals surface area contributed by atoms with Crippen LogP contribution in [0.15, 0.2) is 34.5 Å². The summed E-state index contributed by atoms with van der Waals surface area (Å²) < 4.78 is 5.76. The lowest BCUT2D eigenvalue weighted by atomic mass is 10.2. The predicted molar refractivity (Wildman–Crippen MR) is 76.8 cm³/mol. The van der Waals surface area contributed by atoms with Crippen molar-refractivity contribution in [2.75, 3.05) is 21.1 Å². The number of rotatable bonds is 2. The third-order valence-electron chi connectivity index (χ3n) is 2.26. The molecule has 1 aromatic carbocycles. The Morgan fingerprint density at radius 1 is 1.11 bits per heavy atom. The summed E-state index contributed by atoms with van der Waals surface area (Å²) in [6.07, 6.45) is -0.678. The lowest BCUT2D eigenvalue weighted by Crippen LogP contribution is -2.34. The number of amides is 1. The van der Waals surface area contributed by atoms with E-state index in [1.54, 1.807) is 20.8 Å². The Morgan fingerprint density at radius 3 is 2.05 bits per heavy atom. The molecule has 104 valence electrons. The Bertz CT molecular complexity index is 465. The van der Waals surface area contributed by atoms with Crippen LogP contribution in [0, 0.1) is 0 Å². The molecule has 0 spiro atoms. The van der Waals surface area contributed by atoms with Gasteiger partial charge in [-0.2, -0.15) is 0 Å². The lowest BCUT2D eigenvalue weighted by Gasteiger charge is -2.23. The largest absolute Gasteiger partial charge is 0.452 e. The molecule has 0 N–H and O–H groups in total. The van der Waals surface area contributed by atoms with E-state index in [1.807, 2.05) is 24.3 Å². The number of nitrogens with zero attached hydrogens (tertiary/aromatic N) is 3. The van der Waals surface area contributed by atoms with E-state index >= 15 is 0 Å². The first-order valence-electron chi connectivity index (χ1n) is 6.15. The smallest absolute Gasteiger partial charge is 0.441 e. The summed E-state index contributed by atoms with van der Waals surface area (Å²) in [4.78, 5) is 11.4. The van der Waals surface area contributed by atoms with E-state index in [2.05, 4.69) is 31.4 Å². The highest BCUT2D eigenvalue weighted by Gasteiger charge is 2.15. The van der Waals surface area contributed by atoms with Crippen molar-refractivity contribution in [2.24, 2.45) is 10.2 Å². The number of ether oxygens (including phenoxy) is 1. The molecule has 0 heterocycles. The van der Waals surface area contributed by atoms with Gasteiger partial charge in [0.05, 0.1) is 26.8 Å². The zero-order valence-electron chi connectivity index (χ0n) is 12.5. The minimum atomic E-state index is -0.678. The first-order chi connectivity index (χ1) is 8.58. The van der Waals surface area contributed by atoms with Crippen molar-refractivity contribution in [1.29, 1.82) is 0 Å². The van der Waals surface area contributed by atoms with E-state index in [0.29, 0.717) is 5.69 Å². The highest BCUT2D eigenvalue weighted by molar-refractivity contribution is 5.68. The van der Waals surface area contributed by atoms with E-state index in [4.69, 9.17) is 4.74 Å². The summed E-state index contributed by atoms with van der Waals surface area (Å²) in [6.45, 7) is 5.36. The van der Waals surface area contributed by atoms with E-state index < -0.39 is 11.7 Å². The van der Waals surface area contributed by atoms with Crippen LogP contribution in [0.2, 0.25) is 0 Å². The quantitative estimate of drug-likeness (QED) is 0.600. The molecular formula is C14H22N3O2+. The van der Waals surface area contributed by atoms with Gasteiger partial charge in [0.25, 0.3) is 0 Å². The van der Waals surface area contributed by atoms with Crippen LogP contribution in [-0.4, -0.2) is 32.8 Å². The van der Waals surface area contributed by atoms with Crippen LogP contribution >= 0.6 is 0 Å². The predicted octanol–water partition coefficient (Wildman–Crippen LogP) is 3.90. The molecule has 0 aliphatic carbocycles. The molecule has 5 heteroatoms. The van der Waals surface area contributed by atoms with Crippen LogP contribution in [0.1, 0.15) is 20.8 Å². The number of hydrogen-bond acceptors (Lipinski definition) is 3. The maximum Gasteiger partial charge on any atom is 0.452 e. The van der Waals surface area contributed by atoms with Gasteiger partial charge >= 0.3 is 6.09 Å². The second-order valence-corrected chi connectivity index (χ2v) is 6.21. The Balaban J connectivity index is 2.71. The first kappa shape index (κ1) is 15.3. The molecule has 0 saturated carbocycles. The second-order valence-electron chi connectivity index (χ2n) is 6.21. The molecule has 1 rings (SSSR count). The van der Waals surface area contributed by atoms with Gasteiger partial charge < -0.3 is 4.74 Å². The van der Waals surface area contributed by atoms with E-state index in [1.165, 1.54) is 0 Å². The van der Waals surface area contributed by atoms with E-state index in [9.17, 15) is 4.79 Å². The zero-order chi connectivity index (χ0) is 14.7. The lowest BCUT2D eigenvalue weighted by molar-refractivity contribution is 0.0592. The van der Waals surface area contributed by atoms with Crippen LogP contribution < -0.4 is 4.48 Å². The topological polar surface area (TPSA) is 51.0 Å². The number of hydrogen-bond donors (Lipinski definition) is 0. The fraction of sp³-hybridized carbons (Fsp3) is 0.500. The van der Waals surface area contributed by atoms with Gasteiger partial charge in [-0.1, -0.05) is 5.11 Å². The van der Waals surface area contributed by atoms with Gasteiger partial charge in [-0.25, -0.2) is 4.79 Å². The molecule has 0 aromatic heterocycles. The van der Waals surface area contributed by atoms with Crippen LogP contribution in [0.4, 0.5) is 16.2 Å². The van der Waals surface area contributed by atoms with E-state index in [0.717, 1.165) is 10.2 Å². The van der Waals surface area contributed by atoms with Gasteiger partial charge in [-0.15, -0.1) is 5.11 Å². The average Bonchev–Trinajstić information content (AvgIpc) is 2.23. The summed E-state index contributed by atoms with van der Waals surface area (Å²) >= 11 is 0. The Morgan fingerprint density at radius 2 is 1.63 bits per heavy atom. The van der Waals surface area contributed by atoms with Crippen molar-refractivity contribution >= 4 is 17.5 Å². The highest BCUT2D eigenvalue weighted by Crippen LogP contribution is 2.21. The minimum absolute atomic E-state index is 0.552. The minimum Gasteiger partial charge on any atom is -0.441 e. The molecule has 0 saturated heterocycles. The van der Waals surface area contributed by atoms with Gasteiger partial charge in [-0.05, 0) is 32.9 Å². The molecule has 1 amide bonds. The molecule has 0 radical (unpaired) electrons. The molecule has 0 fully saturated rings. The molecule has 0 unspecified atom stereocenters. The van der Waals surface area contributed by atoms with Gasteiger partial charge in [-0.3, -0.25) is 4.48 Å². The Hall–Kier alpha value is -1.75. The highest BCUT2D eigenvalue weighted by atomic mass is 16.6. The maximum atomic E-state index is 11.4. The van der Waals surface area contributed by atoms with Gasteiger partial charge in [0.2, 0.25) is 0 Å². The monoisotopic (exact) mass is 264 g/mol. The molecule has 5 nitrogen and oxygen atoms in total. The summed E-state index contributed by atoms with van der Waals surface area (Å²) in [5.41, 5.74) is 1.23. The standard InChI is InChI=1S/C14H22N3O2/c1-14(2,3)19-13(18)16-15-11-7-9-12(10-8-11)17(4,5)6/h7-10H,1-6H3/q+1. The third kappa shape index (κ3) is 5.61. The number of carbonyl (C=O) groups is 1. The second kappa shape index (κ2) is 5.48. The van der Waals surface area contributed by atoms with Crippen molar-refractivity contribution in [3.05, 3.63) is 24.3 Å². The number of azo groups is 1. The summed E-state index contributed by atoms with van der Waals surface area (Å²) in [5.74, 6) is 0. The van der Waals surface area contributed by atoms with Crippen molar-refractivity contribution in [1.82, 2.24) is 4.48 Å². The summed E-state index contributed by atoms with van der Waals surface area (Å²) in [5, 5.41) is 7.39. The first-order valence-corrected chi connectivity index (χ1v) is 6.15. The van der Waals surface area contributed by atoms with Gasteiger partial charge in [0.15, 0.2) is 0 Å². The summed E-state index contributed by atoms with van der Waals surface area (Å²) in [7, 11) is 6.24. The molecular weight excluding hydrogens is 242 g/mol. The SMILES string of the molecule is CC(C)(C)OC(=O)N=Nc1ccc([N+](C)(C)C)cc1. The van der Waals surface area contributed by atoms with Crippen molar-refractivity contribution in [3.8, 4) is 0 Å². The van der Waals surface area contributed by atoms with Crippen molar-refractivity contribution < 1.29 is 9.53 Å². The molecule has 0 aliphatic heterocycles. The van der Waals surface area contributed by atoms with Crippen LogP contribution in [-0.2, 0) is 4.74 Å².